The number of Topliss-reactive ketones (excluding diaryl/α,β-unsaturated/α-hetero) is 1. The lowest BCUT2D eigenvalue weighted by Crippen LogP contribution is -2.24. The highest BCUT2D eigenvalue weighted by Crippen LogP contribution is 2.35. The fourth-order valence-corrected chi connectivity index (χ4v) is 3.49. The van der Waals surface area contributed by atoms with Crippen LogP contribution in [0.25, 0.3) is 0 Å². The highest BCUT2D eigenvalue weighted by molar-refractivity contribution is 5.77. The lowest BCUT2D eigenvalue weighted by atomic mass is 9.77. The van der Waals surface area contributed by atoms with Crippen LogP contribution in [0, 0.1) is 23.2 Å². The number of nitriles is 1. The molecule has 1 aromatic carbocycles. The zero-order valence-corrected chi connectivity index (χ0v) is 13.9. The SMILES string of the molecule is CCC(=O)CC[C@H]1CC[C@H](C(F)Cc2ccc(C#N)cc2)CC1. The van der Waals surface area contributed by atoms with Gasteiger partial charge in [0.05, 0.1) is 11.6 Å². The van der Waals surface area contributed by atoms with Gasteiger partial charge in [-0.2, -0.15) is 5.26 Å². The first-order valence-electron chi connectivity index (χ1n) is 8.77. The van der Waals surface area contributed by atoms with Crippen molar-refractivity contribution >= 4 is 5.78 Å². The summed E-state index contributed by atoms with van der Waals surface area (Å²) in [6.07, 6.45) is 5.90. The van der Waals surface area contributed by atoms with Gasteiger partial charge in [-0.3, -0.25) is 4.79 Å². The van der Waals surface area contributed by atoms with Gasteiger partial charge in [0.15, 0.2) is 0 Å². The van der Waals surface area contributed by atoms with Crippen LogP contribution in [0.2, 0.25) is 0 Å². The van der Waals surface area contributed by atoms with Crippen LogP contribution >= 0.6 is 0 Å². The van der Waals surface area contributed by atoms with Gasteiger partial charge in [0.25, 0.3) is 0 Å². The molecule has 1 unspecified atom stereocenters. The van der Waals surface area contributed by atoms with Crippen molar-refractivity contribution in [1.82, 2.24) is 0 Å². The van der Waals surface area contributed by atoms with Crippen LogP contribution in [0.1, 0.15) is 63.0 Å². The quantitative estimate of drug-likeness (QED) is 0.710. The number of hydrogen-bond acceptors (Lipinski definition) is 2. The second-order valence-electron chi connectivity index (χ2n) is 6.74. The molecule has 0 aliphatic heterocycles. The van der Waals surface area contributed by atoms with Crippen molar-refractivity contribution < 1.29 is 9.18 Å². The normalized spacial score (nSPS) is 22.3. The summed E-state index contributed by atoms with van der Waals surface area (Å²) in [5.74, 6) is 1.09. The number of ketones is 1. The number of nitrogens with zero attached hydrogens (tertiary/aromatic N) is 1. The minimum atomic E-state index is -0.804. The Bertz CT molecular complexity index is 538. The van der Waals surface area contributed by atoms with Gasteiger partial charge in [0.1, 0.15) is 12.0 Å². The van der Waals surface area contributed by atoms with Crippen LogP contribution in [0.15, 0.2) is 24.3 Å². The van der Waals surface area contributed by atoms with E-state index < -0.39 is 6.17 Å². The Hall–Kier alpha value is -1.69. The number of benzene rings is 1. The predicted octanol–water partition coefficient (Wildman–Crippen LogP) is 5.00. The Morgan fingerprint density at radius 1 is 1.26 bits per heavy atom. The largest absolute Gasteiger partial charge is 0.300 e. The van der Waals surface area contributed by atoms with Gasteiger partial charge in [-0.1, -0.05) is 31.9 Å². The molecule has 23 heavy (non-hydrogen) atoms. The number of hydrogen-bond donors (Lipinski definition) is 0. The molecule has 1 fully saturated rings. The van der Waals surface area contributed by atoms with Crippen molar-refractivity contribution in [3.05, 3.63) is 35.4 Å². The fraction of sp³-hybridized carbons (Fsp3) is 0.600. The molecule has 0 heterocycles. The van der Waals surface area contributed by atoms with Crippen LogP contribution < -0.4 is 0 Å². The lowest BCUT2D eigenvalue weighted by molar-refractivity contribution is -0.119. The number of carbonyl (C=O) groups is 1. The molecule has 2 rings (SSSR count). The van der Waals surface area contributed by atoms with Gasteiger partial charge in [-0.15, -0.1) is 0 Å². The third kappa shape index (κ3) is 5.46. The van der Waals surface area contributed by atoms with Gasteiger partial charge in [0.2, 0.25) is 0 Å². The van der Waals surface area contributed by atoms with Crippen molar-refractivity contribution in [3.63, 3.8) is 0 Å². The molecular formula is C20H26FNO. The minimum absolute atomic E-state index is 0.142. The number of alkyl halides is 1. The number of rotatable bonds is 7. The van der Waals surface area contributed by atoms with Gasteiger partial charge in [-0.25, -0.2) is 4.39 Å². The summed E-state index contributed by atoms with van der Waals surface area (Å²) >= 11 is 0. The van der Waals surface area contributed by atoms with Crippen LogP contribution in [-0.2, 0) is 11.2 Å². The van der Waals surface area contributed by atoms with Crippen molar-refractivity contribution in [1.29, 1.82) is 5.26 Å². The standard InChI is InChI=1S/C20H26FNO/c1-2-19(23)12-9-15-7-10-18(11-8-15)20(21)13-16-3-5-17(14-22)6-4-16/h3-6,15,18,20H,2,7-13H2,1H3/t15-,18-,20?. The molecule has 0 bridgehead atoms. The molecule has 0 amide bonds. The minimum Gasteiger partial charge on any atom is -0.300 e. The Morgan fingerprint density at radius 2 is 1.91 bits per heavy atom. The van der Waals surface area contributed by atoms with E-state index in [-0.39, 0.29) is 5.92 Å². The third-order valence-corrected chi connectivity index (χ3v) is 5.14. The van der Waals surface area contributed by atoms with E-state index >= 15 is 0 Å². The van der Waals surface area contributed by atoms with E-state index in [2.05, 4.69) is 6.07 Å². The molecule has 3 heteroatoms. The average molecular weight is 315 g/mol. The Morgan fingerprint density at radius 3 is 2.48 bits per heavy atom. The van der Waals surface area contributed by atoms with E-state index in [1.807, 2.05) is 19.1 Å². The van der Waals surface area contributed by atoms with Crippen LogP contribution in [0.4, 0.5) is 4.39 Å². The van der Waals surface area contributed by atoms with Crippen LogP contribution in [0.5, 0.6) is 0 Å². The highest BCUT2D eigenvalue weighted by Gasteiger charge is 2.27. The number of carbonyl (C=O) groups excluding carboxylic acids is 1. The molecule has 0 saturated heterocycles. The molecule has 1 saturated carbocycles. The van der Waals surface area contributed by atoms with E-state index in [0.717, 1.165) is 37.7 Å². The van der Waals surface area contributed by atoms with Gasteiger partial charge >= 0.3 is 0 Å². The molecule has 0 radical (unpaired) electrons. The van der Waals surface area contributed by atoms with Crippen molar-refractivity contribution in [3.8, 4) is 6.07 Å². The van der Waals surface area contributed by atoms with Crippen LogP contribution in [0.3, 0.4) is 0 Å². The Kier molecular flexibility index (Phi) is 6.77. The zero-order chi connectivity index (χ0) is 16.7. The lowest BCUT2D eigenvalue weighted by Gasteiger charge is -2.30. The molecule has 1 aromatic rings. The van der Waals surface area contributed by atoms with E-state index in [9.17, 15) is 9.18 Å². The number of halogens is 1. The van der Waals surface area contributed by atoms with Crippen molar-refractivity contribution in [2.45, 2.75) is 64.5 Å². The maximum absolute atomic E-state index is 14.5. The van der Waals surface area contributed by atoms with Gasteiger partial charge in [-0.05, 0) is 48.8 Å². The summed E-state index contributed by atoms with van der Waals surface area (Å²) in [4.78, 5) is 11.4. The molecule has 1 aliphatic rings. The monoisotopic (exact) mass is 315 g/mol. The Labute approximate surface area is 138 Å². The smallest absolute Gasteiger partial charge is 0.132 e. The van der Waals surface area contributed by atoms with Gasteiger partial charge in [0, 0.05) is 19.3 Å². The summed E-state index contributed by atoms with van der Waals surface area (Å²) in [6, 6.07) is 9.30. The molecule has 1 atom stereocenters. The average Bonchev–Trinajstić information content (AvgIpc) is 2.60. The molecule has 0 N–H and O–H groups in total. The maximum Gasteiger partial charge on any atom is 0.132 e. The molecule has 124 valence electrons. The third-order valence-electron chi connectivity index (χ3n) is 5.14. The Balaban J connectivity index is 1.75. The topological polar surface area (TPSA) is 40.9 Å². The van der Waals surface area contributed by atoms with Crippen LogP contribution in [-0.4, -0.2) is 12.0 Å². The first-order chi connectivity index (χ1) is 11.1. The molecule has 0 aromatic heterocycles. The summed E-state index contributed by atoms with van der Waals surface area (Å²) < 4.78 is 14.5. The van der Waals surface area contributed by atoms with E-state index in [1.54, 1.807) is 12.1 Å². The van der Waals surface area contributed by atoms with E-state index in [0.29, 0.717) is 36.5 Å². The van der Waals surface area contributed by atoms with Gasteiger partial charge < -0.3 is 0 Å². The summed E-state index contributed by atoms with van der Waals surface area (Å²) in [6.45, 7) is 1.91. The predicted molar refractivity (Wildman–Crippen MR) is 89.7 cm³/mol. The maximum atomic E-state index is 14.5. The molecule has 2 nitrogen and oxygen atoms in total. The molecule has 0 spiro atoms. The molecular weight excluding hydrogens is 289 g/mol. The first kappa shape index (κ1) is 17.7. The second kappa shape index (κ2) is 8.82. The molecule has 1 aliphatic carbocycles. The summed E-state index contributed by atoms with van der Waals surface area (Å²) in [7, 11) is 0. The second-order valence-corrected chi connectivity index (χ2v) is 6.74. The summed E-state index contributed by atoms with van der Waals surface area (Å²) in [5.41, 5.74) is 1.58. The van der Waals surface area contributed by atoms with Crippen molar-refractivity contribution in [2.24, 2.45) is 11.8 Å². The zero-order valence-electron chi connectivity index (χ0n) is 13.9. The van der Waals surface area contributed by atoms with E-state index in [1.165, 1.54) is 0 Å². The van der Waals surface area contributed by atoms with Crippen molar-refractivity contribution in [2.75, 3.05) is 0 Å². The van der Waals surface area contributed by atoms with E-state index in [4.69, 9.17) is 5.26 Å². The first-order valence-corrected chi connectivity index (χ1v) is 8.77. The summed E-state index contributed by atoms with van der Waals surface area (Å²) in [5, 5.41) is 8.79. The highest BCUT2D eigenvalue weighted by atomic mass is 19.1. The fourth-order valence-electron chi connectivity index (χ4n) is 3.49.